The quantitative estimate of drug-likeness (QED) is 0.586. The van der Waals surface area contributed by atoms with E-state index in [1.807, 2.05) is 89.8 Å². The molecule has 0 saturated carbocycles. The first kappa shape index (κ1) is 20.6. The molecule has 2 aliphatic heterocycles. The maximum atomic E-state index is 14.1. The normalized spacial score (nSPS) is 21.1. The number of rotatable bonds is 3. The van der Waals surface area contributed by atoms with Crippen LogP contribution in [0.1, 0.15) is 25.0 Å². The molecule has 2 heterocycles. The van der Waals surface area contributed by atoms with E-state index in [0.29, 0.717) is 18.8 Å². The summed E-state index contributed by atoms with van der Waals surface area (Å²) in [4.78, 5) is 30.1. The van der Waals surface area contributed by atoms with Crippen molar-refractivity contribution >= 4 is 35.1 Å². The molecular weight excluding hydrogens is 418 g/mol. The Bertz CT molecular complexity index is 1170. The Hall–Kier alpha value is -3.25. The van der Waals surface area contributed by atoms with Gasteiger partial charge in [0.25, 0.3) is 5.91 Å². The largest absolute Gasteiger partial charge is 0.323 e. The van der Waals surface area contributed by atoms with E-state index >= 15 is 0 Å². The second-order valence-electron chi connectivity index (χ2n) is 8.78. The highest BCUT2D eigenvalue weighted by atomic mass is 32.2. The summed E-state index contributed by atoms with van der Waals surface area (Å²) in [6.07, 6.45) is 0. The van der Waals surface area contributed by atoms with Gasteiger partial charge in [0.05, 0.1) is 12.2 Å². The van der Waals surface area contributed by atoms with Crippen LogP contribution in [0.5, 0.6) is 0 Å². The Morgan fingerprint density at radius 2 is 1.56 bits per heavy atom. The smallest absolute Gasteiger partial charge is 0.308 e. The number of para-hydroxylation sites is 2. The van der Waals surface area contributed by atoms with E-state index in [1.54, 1.807) is 16.7 Å². The van der Waals surface area contributed by atoms with Gasteiger partial charge in [0.15, 0.2) is 4.87 Å². The topological polar surface area (TPSA) is 52.7 Å². The number of urea groups is 1. The van der Waals surface area contributed by atoms with Gasteiger partial charge in [-0.3, -0.25) is 9.69 Å². The lowest BCUT2D eigenvalue weighted by atomic mass is 10.1. The van der Waals surface area contributed by atoms with Crippen molar-refractivity contribution in [3.8, 4) is 0 Å². The summed E-state index contributed by atoms with van der Waals surface area (Å²) in [5.41, 5.74) is 3.50. The van der Waals surface area contributed by atoms with Crippen LogP contribution in [0.4, 0.5) is 16.2 Å². The molecule has 0 aliphatic carbocycles. The summed E-state index contributed by atoms with van der Waals surface area (Å²) in [6, 6.07) is 26.9. The molecule has 1 atom stereocenters. The van der Waals surface area contributed by atoms with Gasteiger partial charge in [0, 0.05) is 22.5 Å². The van der Waals surface area contributed by atoms with Crippen LogP contribution in [0.3, 0.4) is 0 Å². The molecule has 1 N–H and O–H groups in total. The molecule has 32 heavy (non-hydrogen) atoms. The van der Waals surface area contributed by atoms with Crippen LogP contribution in [-0.2, 0) is 16.2 Å². The number of amides is 3. The average molecular weight is 444 g/mol. The van der Waals surface area contributed by atoms with E-state index in [1.165, 1.54) is 0 Å². The molecular formula is C26H25N3O2S. The summed E-state index contributed by atoms with van der Waals surface area (Å²) in [7, 11) is 0. The summed E-state index contributed by atoms with van der Waals surface area (Å²) in [5.74, 6) is -0.0682. The van der Waals surface area contributed by atoms with Gasteiger partial charge < -0.3 is 10.2 Å². The van der Waals surface area contributed by atoms with Gasteiger partial charge in [-0.05, 0) is 37.6 Å². The third-order valence-corrected chi connectivity index (χ3v) is 7.48. The molecule has 0 bridgehead atoms. The fraction of sp³-hybridized carbons (Fsp3) is 0.231. The van der Waals surface area contributed by atoms with Crippen molar-refractivity contribution < 1.29 is 9.59 Å². The third kappa shape index (κ3) is 3.35. The summed E-state index contributed by atoms with van der Waals surface area (Å²) in [5, 5.41) is 2.99. The second-order valence-corrected chi connectivity index (χ2v) is 10.7. The first-order valence-electron chi connectivity index (χ1n) is 10.7. The van der Waals surface area contributed by atoms with Crippen LogP contribution in [0, 0.1) is 0 Å². The predicted molar refractivity (Wildman–Crippen MR) is 130 cm³/mol. The molecule has 0 unspecified atom stereocenters. The minimum Gasteiger partial charge on any atom is -0.308 e. The first-order valence-corrected chi connectivity index (χ1v) is 11.5. The Kier molecular flexibility index (Phi) is 4.97. The lowest BCUT2D eigenvalue weighted by Crippen LogP contribution is -2.51. The van der Waals surface area contributed by atoms with Crippen LogP contribution >= 0.6 is 11.8 Å². The molecule has 5 rings (SSSR count). The van der Waals surface area contributed by atoms with E-state index < -0.39 is 4.87 Å². The van der Waals surface area contributed by atoms with Crippen molar-refractivity contribution in [2.45, 2.75) is 30.0 Å². The Morgan fingerprint density at radius 3 is 2.28 bits per heavy atom. The lowest BCUT2D eigenvalue weighted by Gasteiger charge is -2.33. The highest BCUT2D eigenvalue weighted by Crippen LogP contribution is 2.59. The second kappa shape index (κ2) is 7.71. The van der Waals surface area contributed by atoms with Gasteiger partial charge in [0.2, 0.25) is 0 Å². The number of hydrogen-bond acceptors (Lipinski definition) is 3. The van der Waals surface area contributed by atoms with Crippen LogP contribution < -0.4 is 10.2 Å². The van der Waals surface area contributed by atoms with Crippen LogP contribution in [0.2, 0.25) is 0 Å². The molecule has 3 aromatic rings. The maximum Gasteiger partial charge on any atom is 0.323 e. The molecule has 3 amide bonds. The molecule has 0 radical (unpaired) electrons. The Balaban J connectivity index is 1.57. The third-order valence-electron chi connectivity index (χ3n) is 5.89. The van der Waals surface area contributed by atoms with Gasteiger partial charge in [0.1, 0.15) is 0 Å². The highest BCUT2D eigenvalue weighted by molar-refractivity contribution is 8.02. The van der Waals surface area contributed by atoms with Crippen molar-refractivity contribution in [2.75, 3.05) is 16.8 Å². The van der Waals surface area contributed by atoms with Crippen LogP contribution in [0.25, 0.3) is 0 Å². The fourth-order valence-corrected chi connectivity index (χ4v) is 6.32. The van der Waals surface area contributed by atoms with Crippen molar-refractivity contribution in [1.82, 2.24) is 4.90 Å². The molecule has 0 aromatic heterocycles. The minimum atomic E-state index is -1.09. The standard InChI is InChI=1S/C26H25N3O2S/c1-25(2)18-29(24(31)27-20-13-7-4-8-14-20)26(32-25)21-15-9-10-16-22(21)28(23(26)30)17-19-11-5-3-6-12-19/h3-16H,17-18H2,1-2H3,(H,27,31)/t26-/m1/s1. The maximum absolute atomic E-state index is 14.1. The van der Waals surface area contributed by atoms with Crippen molar-refractivity contribution in [3.05, 3.63) is 96.1 Å². The van der Waals surface area contributed by atoms with Crippen molar-refractivity contribution in [3.63, 3.8) is 0 Å². The predicted octanol–water partition coefficient (Wildman–Crippen LogP) is 5.45. The van der Waals surface area contributed by atoms with Gasteiger partial charge in [-0.25, -0.2) is 4.79 Å². The van der Waals surface area contributed by atoms with Gasteiger partial charge >= 0.3 is 6.03 Å². The lowest BCUT2D eigenvalue weighted by molar-refractivity contribution is -0.123. The first-order chi connectivity index (χ1) is 15.4. The fourth-order valence-electron chi connectivity index (χ4n) is 4.59. The SMILES string of the molecule is CC1(C)CN(C(=O)Nc2ccccc2)[C@]2(S1)C(=O)N(Cc1ccccc1)c1ccccc12. The Labute approximate surface area is 192 Å². The van der Waals surface area contributed by atoms with Crippen LogP contribution in [0.15, 0.2) is 84.9 Å². The monoisotopic (exact) mass is 443 g/mol. The number of carbonyl (C=O) groups is 2. The van der Waals surface area contributed by atoms with E-state index in [-0.39, 0.29) is 16.7 Å². The molecule has 1 spiro atoms. The number of hydrogen-bond donors (Lipinski definition) is 1. The number of nitrogens with one attached hydrogen (secondary N) is 1. The van der Waals surface area contributed by atoms with E-state index in [9.17, 15) is 9.59 Å². The number of thioether (sulfide) groups is 1. The molecule has 6 heteroatoms. The van der Waals surface area contributed by atoms with E-state index in [4.69, 9.17) is 0 Å². The number of carbonyl (C=O) groups excluding carboxylic acids is 2. The molecule has 5 nitrogen and oxygen atoms in total. The van der Waals surface area contributed by atoms with E-state index in [2.05, 4.69) is 19.2 Å². The summed E-state index contributed by atoms with van der Waals surface area (Å²) in [6.45, 7) is 5.11. The zero-order valence-corrected chi connectivity index (χ0v) is 18.9. The van der Waals surface area contributed by atoms with Crippen molar-refractivity contribution in [1.29, 1.82) is 0 Å². The number of nitrogens with zero attached hydrogens (tertiary/aromatic N) is 2. The molecule has 1 saturated heterocycles. The van der Waals surface area contributed by atoms with Crippen LogP contribution in [-0.4, -0.2) is 28.1 Å². The summed E-state index contributed by atoms with van der Waals surface area (Å²) >= 11 is 1.56. The number of anilines is 2. The zero-order chi connectivity index (χ0) is 22.3. The molecule has 1 fully saturated rings. The van der Waals surface area contributed by atoms with Gasteiger partial charge in [-0.1, -0.05) is 66.7 Å². The summed E-state index contributed by atoms with van der Waals surface area (Å²) < 4.78 is -0.278. The highest BCUT2D eigenvalue weighted by Gasteiger charge is 2.63. The Morgan fingerprint density at radius 1 is 0.938 bits per heavy atom. The molecule has 162 valence electrons. The van der Waals surface area contributed by atoms with Crippen molar-refractivity contribution in [2.24, 2.45) is 0 Å². The molecule has 2 aliphatic rings. The molecule has 3 aromatic carbocycles. The number of benzene rings is 3. The van der Waals surface area contributed by atoms with E-state index in [0.717, 1.165) is 16.8 Å². The minimum absolute atomic E-state index is 0.0682. The van der Waals surface area contributed by atoms with Gasteiger partial charge in [-0.2, -0.15) is 0 Å². The average Bonchev–Trinajstić information content (AvgIpc) is 3.22. The zero-order valence-electron chi connectivity index (χ0n) is 18.1. The number of fused-ring (bicyclic) bond motifs is 2. The van der Waals surface area contributed by atoms with Gasteiger partial charge in [-0.15, -0.1) is 11.8 Å².